The third kappa shape index (κ3) is 3.27. The summed E-state index contributed by atoms with van der Waals surface area (Å²) < 4.78 is 1.63. The lowest BCUT2D eigenvalue weighted by Crippen LogP contribution is -2.12. The van der Waals surface area contributed by atoms with Crippen LogP contribution in [0.5, 0.6) is 0 Å². The SMILES string of the molecule is CCCCCC(=O)Nc1nc2nc(C)cc(C)n2n1. The van der Waals surface area contributed by atoms with Crippen LogP contribution in [0, 0.1) is 13.8 Å². The molecular weight excluding hydrogens is 242 g/mol. The summed E-state index contributed by atoms with van der Waals surface area (Å²) in [5.41, 5.74) is 1.83. The van der Waals surface area contributed by atoms with E-state index in [0.717, 1.165) is 30.7 Å². The number of hydrogen-bond acceptors (Lipinski definition) is 4. The standard InChI is InChI=1S/C13H19N5O/c1-4-5-6-7-11(19)15-12-16-13-14-9(2)8-10(3)18(13)17-12/h8H,4-7H2,1-3H3,(H,15,17,19). The molecule has 1 amide bonds. The van der Waals surface area contributed by atoms with Crippen LogP contribution in [-0.2, 0) is 4.79 Å². The molecule has 0 bridgehead atoms. The van der Waals surface area contributed by atoms with Crippen LogP contribution in [0.1, 0.15) is 44.0 Å². The maximum atomic E-state index is 11.7. The van der Waals surface area contributed by atoms with E-state index < -0.39 is 0 Å². The van der Waals surface area contributed by atoms with E-state index >= 15 is 0 Å². The Morgan fingerprint density at radius 2 is 2.11 bits per heavy atom. The molecule has 2 heterocycles. The first-order valence-electron chi connectivity index (χ1n) is 6.61. The summed E-state index contributed by atoms with van der Waals surface area (Å²) in [7, 11) is 0. The van der Waals surface area contributed by atoms with E-state index in [2.05, 4.69) is 27.3 Å². The van der Waals surface area contributed by atoms with E-state index in [-0.39, 0.29) is 5.91 Å². The Bertz CT molecular complexity index is 590. The van der Waals surface area contributed by atoms with Gasteiger partial charge in [-0.3, -0.25) is 10.1 Å². The Morgan fingerprint density at radius 1 is 1.32 bits per heavy atom. The van der Waals surface area contributed by atoms with E-state index in [4.69, 9.17) is 0 Å². The van der Waals surface area contributed by atoms with Gasteiger partial charge in [-0.25, -0.2) is 4.98 Å². The number of aromatic nitrogens is 4. The van der Waals surface area contributed by atoms with Crippen LogP contribution in [0.4, 0.5) is 5.95 Å². The number of nitrogens with one attached hydrogen (secondary N) is 1. The van der Waals surface area contributed by atoms with E-state index in [1.807, 2.05) is 19.9 Å². The van der Waals surface area contributed by atoms with Gasteiger partial charge in [0.1, 0.15) is 0 Å². The molecule has 2 aromatic rings. The molecule has 0 saturated heterocycles. The van der Waals surface area contributed by atoms with Gasteiger partial charge in [0.15, 0.2) is 0 Å². The van der Waals surface area contributed by atoms with Crippen LogP contribution in [0.15, 0.2) is 6.07 Å². The summed E-state index contributed by atoms with van der Waals surface area (Å²) in [6, 6.07) is 1.93. The zero-order valence-electron chi connectivity index (χ0n) is 11.6. The quantitative estimate of drug-likeness (QED) is 0.838. The Hall–Kier alpha value is -1.98. The van der Waals surface area contributed by atoms with Crippen molar-refractivity contribution >= 4 is 17.6 Å². The maximum absolute atomic E-state index is 11.7. The fourth-order valence-corrected chi connectivity index (χ4v) is 1.94. The normalized spacial score (nSPS) is 10.9. The summed E-state index contributed by atoms with van der Waals surface area (Å²) in [6.07, 6.45) is 3.56. The van der Waals surface area contributed by atoms with Crippen molar-refractivity contribution in [1.82, 2.24) is 19.6 Å². The fraction of sp³-hybridized carbons (Fsp3) is 0.538. The summed E-state index contributed by atoms with van der Waals surface area (Å²) in [4.78, 5) is 20.2. The highest BCUT2D eigenvalue weighted by atomic mass is 16.1. The second-order valence-electron chi connectivity index (χ2n) is 4.69. The number of aryl methyl sites for hydroxylation is 2. The molecule has 6 nitrogen and oxygen atoms in total. The van der Waals surface area contributed by atoms with Crippen LogP contribution >= 0.6 is 0 Å². The van der Waals surface area contributed by atoms with Crippen molar-refractivity contribution in [3.8, 4) is 0 Å². The Morgan fingerprint density at radius 3 is 2.84 bits per heavy atom. The molecule has 0 aliphatic rings. The first kappa shape index (κ1) is 13.5. The van der Waals surface area contributed by atoms with Crippen LogP contribution in [0.2, 0.25) is 0 Å². The average Bonchev–Trinajstić information content (AvgIpc) is 2.72. The molecule has 0 fully saturated rings. The van der Waals surface area contributed by atoms with Crippen LogP contribution < -0.4 is 5.32 Å². The first-order chi connectivity index (χ1) is 9.10. The highest BCUT2D eigenvalue weighted by Gasteiger charge is 2.10. The maximum Gasteiger partial charge on any atom is 0.254 e. The van der Waals surface area contributed by atoms with E-state index in [1.165, 1.54) is 0 Å². The molecule has 0 aliphatic heterocycles. The topological polar surface area (TPSA) is 72.2 Å². The molecule has 0 spiro atoms. The highest BCUT2D eigenvalue weighted by molar-refractivity contribution is 5.89. The molecular formula is C13H19N5O. The molecule has 2 aromatic heterocycles. The molecule has 2 rings (SSSR count). The number of fused-ring (bicyclic) bond motifs is 1. The van der Waals surface area contributed by atoms with Crippen molar-refractivity contribution in [2.75, 3.05) is 5.32 Å². The van der Waals surface area contributed by atoms with Crippen molar-refractivity contribution in [3.05, 3.63) is 17.5 Å². The predicted molar refractivity (Wildman–Crippen MR) is 73.0 cm³/mol. The number of rotatable bonds is 5. The first-order valence-corrected chi connectivity index (χ1v) is 6.61. The van der Waals surface area contributed by atoms with Gasteiger partial charge in [-0.05, 0) is 26.3 Å². The third-order valence-corrected chi connectivity index (χ3v) is 2.88. The van der Waals surface area contributed by atoms with Crippen LogP contribution in [-0.4, -0.2) is 25.5 Å². The number of amides is 1. The minimum atomic E-state index is -0.0428. The largest absolute Gasteiger partial charge is 0.293 e. The number of unbranched alkanes of at least 4 members (excludes halogenated alkanes) is 2. The molecule has 0 radical (unpaired) electrons. The van der Waals surface area contributed by atoms with Gasteiger partial charge in [-0.15, -0.1) is 5.10 Å². The van der Waals surface area contributed by atoms with E-state index in [9.17, 15) is 4.79 Å². The zero-order chi connectivity index (χ0) is 13.8. The van der Waals surface area contributed by atoms with Gasteiger partial charge >= 0.3 is 0 Å². The van der Waals surface area contributed by atoms with Gasteiger partial charge < -0.3 is 0 Å². The lowest BCUT2D eigenvalue weighted by molar-refractivity contribution is -0.116. The predicted octanol–water partition coefficient (Wildman–Crippen LogP) is 2.26. The molecule has 0 unspecified atom stereocenters. The average molecular weight is 261 g/mol. The number of anilines is 1. The molecule has 6 heteroatoms. The monoisotopic (exact) mass is 261 g/mol. The third-order valence-electron chi connectivity index (χ3n) is 2.88. The van der Waals surface area contributed by atoms with Gasteiger partial charge in [-0.1, -0.05) is 19.8 Å². The second kappa shape index (κ2) is 5.77. The van der Waals surface area contributed by atoms with Crippen molar-refractivity contribution < 1.29 is 4.79 Å². The van der Waals surface area contributed by atoms with E-state index in [0.29, 0.717) is 18.1 Å². The Labute approximate surface area is 112 Å². The summed E-state index contributed by atoms with van der Waals surface area (Å²) in [6.45, 7) is 5.95. The second-order valence-corrected chi connectivity index (χ2v) is 4.69. The van der Waals surface area contributed by atoms with Crippen molar-refractivity contribution in [3.63, 3.8) is 0 Å². The van der Waals surface area contributed by atoms with Crippen molar-refractivity contribution in [1.29, 1.82) is 0 Å². The van der Waals surface area contributed by atoms with E-state index in [1.54, 1.807) is 4.52 Å². The van der Waals surface area contributed by atoms with Crippen molar-refractivity contribution in [2.24, 2.45) is 0 Å². The molecule has 0 aliphatic carbocycles. The number of carbonyl (C=O) groups is 1. The highest BCUT2D eigenvalue weighted by Crippen LogP contribution is 2.09. The van der Waals surface area contributed by atoms with Crippen molar-refractivity contribution in [2.45, 2.75) is 46.5 Å². The molecule has 0 aromatic carbocycles. The lowest BCUT2D eigenvalue weighted by atomic mass is 10.2. The molecule has 19 heavy (non-hydrogen) atoms. The van der Waals surface area contributed by atoms with Crippen LogP contribution in [0.3, 0.4) is 0 Å². The Kier molecular flexibility index (Phi) is 4.09. The number of nitrogens with zero attached hydrogens (tertiary/aromatic N) is 4. The summed E-state index contributed by atoms with van der Waals surface area (Å²) in [5, 5.41) is 6.95. The molecule has 0 saturated carbocycles. The molecule has 102 valence electrons. The Balaban J connectivity index is 2.09. The summed E-state index contributed by atoms with van der Waals surface area (Å²) >= 11 is 0. The zero-order valence-corrected chi connectivity index (χ0v) is 11.6. The fourth-order valence-electron chi connectivity index (χ4n) is 1.94. The lowest BCUT2D eigenvalue weighted by Gasteiger charge is -1.99. The van der Waals surface area contributed by atoms with Gasteiger partial charge in [0, 0.05) is 17.8 Å². The van der Waals surface area contributed by atoms with Crippen LogP contribution in [0.25, 0.3) is 5.78 Å². The number of carbonyl (C=O) groups excluding carboxylic acids is 1. The smallest absolute Gasteiger partial charge is 0.254 e. The minimum absolute atomic E-state index is 0.0428. The minimum Gasteiger partial charge on any atom is -0.293 e. The molecule has 0 atom stereocenters. The number of hydrogen-bond donors (Lipinski definition) is 1. The van der Waals surface area contributed by atoms with Gasteiger partial charge in [0.2, 0.25) is 5.91 Å². The van der Waals surface area contributed by atoms with Gasteiger partial charge in [-0.2, -0.15) is 9.50 Å². The van der Waals surface area contributed by atoms with Gasteiger partial charge in [0.05, 0.1) is 0 Å². The van der Waals surface area contributed by atoms with Gasteiger partial charge in [0.25, 0.3) is 11.7 Å². The molecule has 1 N–H and O–H groups in total. The summed E-state index contributed by atoms with van der Waals surface area (Å²) in [5.74, 6) is 0.794.